The summed E-state index contributed by atoms with van der Waals surface area (Å²) in [5, 5.41) is 5.17. The molecule has 0 radical (unpaired) electrons. The number of hydrogen-bond donors (Lipinski definition) is 1. The highest BCUT2D eigenvalue weighted by molar-refractivity contribution is 7.10. The lowest BCUT2D eigenvalue weighted by atomic mass is 10.1. The van der Waals surface area contributed by atoms with Gasteiger partial charge in [0, 0.05) is 23.4 Å². The summed E-state index contributed by atoms with van der Waals surface area (Å²) in [5.74, 6) is -1.09. The van der Waals surface area contributed by atoms with E-state index in [1.165, 1.54) is 35.6 Å². The highest BCUT2D eigenvalue weighted by atomic mass is 32.1. The van der Waals surface area contributed by atoms with Crippen LogP contribution in [-0.4, -0.2) is 40.1 Å². The van der Waals surface area contributed by atoms with Gasteiger partial charge in [0.1, 0.15) is 22.6 Å². The van der Waals surface area contributed by atoms with E-state index in [4.69, 9.17) is 0 Å². The molecule has 3 rings (SSSR count). The van der Waals surface area contributed by atoms with Crippen molar-refractivity contribution in [3.63, 3.8) is 0 Å². The Labute approximate surface area is 179 Å². The van der Waals surface area contributed by atoms with Crippen molar-refractivity contribution in [2.75, 3.05) is 6.54 Å². The number of ketones is 1. The lowest BCUT2D eigenvalue weighted by Crippen LogP contribution is -2.47. The van der Waals surface area contributed by atoms with Crippen LogP contribution in [0.2, 0.25) is 0 Å². The summed E-state index contributed by atoms with van der Waals surface area (Å²) in [6, 6.07) is 4.53. The number of amides is 2. The van der Waals surface area contributed by atoms with Crippen LogP contribution in [0.25, 0.3) is 0 Å². The van der Waals surface area contributed by atoms with E-state index < -0.39 is 11.9 Å². The number of carbonyl (C=O) groups excluding carboxylic acids is 3. The minimum atomic E-state index is -0.618. The van der Waals surface area contributed by atoms with Gasteiger partial charge in [-0.3, -0.25) is 14.4 Å². The molecule has 1 aliphatic heterocycles. The van der Waals surface area contributed by atoms with Gasteiger partial charge in [-0.15, -0.1) is 11.3 Å². The number of likely N-dealkylation sites (tertiary alicyclic amines) is 1. The highest BCUT2D eigenvalue weighted by Gasteiger charge is 2.35. The van der Waals surface area contributed by atoms with Crippen molar-refractivity contribution in [2.45, 2.75) is 52.1 Å². The zero-order valence-electron chi connectivity index (χ0n) is 17.4. The van der Waals surface area contributed by atoms with Gasteiger partial charge >= 0.3 is 0 Å². The van der Waals surface area contributed by atoms with Gasteiger partial charge in [-0.2, -0.15) is 0 Å². The monoisotopic (exact) mass is 431 g/mol. The quantitative estimate of drug-likeness (QED) is 0.678. The Kier molecular flexibility index (Phi) is 6.97. The SMILES string of the molecule is CC[C@@H](C)C(=O)N[C@@H](C)C(=O)N1CCC[C@H]1c1nc(C(=O)c2ccc(F)cc2)cs1. The van der Waals surface area contributed by atoms with Gasteiger partial charge < -0.3 is 10.2 Å². The first-order valence-electron chi connectivity index (χ1n) is 10.2. The Morgan fingerprint density at radius 1 is 1.27 bits per heavy atom. The van der Waals surface area contributed by atoms with Gasteiger partial charge in [0.2, 0.25) is 17.6 Å². The van der Waals surface area contributed by atoms with Crippen LogP contribution < -0.4 is 5.32 Å². The molecular formula is C22H26FN3O3S. The highest BCUT2D eigenvalue weighted by Crippen LogP contribution is 2.34. The molecule has 2 heterocycles. The summed E-state index contributed by atoms with van der Waals surface area (Å²) in [5.41, 5.74) is 0.660. The van der Waals surface area contributed by atoms with Crippen LogP contribution in [0, 0.1) is 11.7 Å². The maximum atomic E-state index is 13.1. The number of aromatic nitrogens is 1. The normalized spacial score (nSPS) is 18.1. The molecule has 0 saturated carbocycles. The molecule has 6 nitrogen and oxygen atoms in total. The minimum Gasteiger partial charge on any atom is -0.344 e. The first kappa shape index (κ1) is 22.1. The third-order valence-electron chi connectivity index (χ3n) is 5.47. The number of thiazole rings is 1. The van der Waals surface area contributed by atoms with Crippen LogP contribution in [0.5, 0.6) is 0 Å². The summed E-state index contributed by atoms with van der Waals surface area (Å²) in [4.78, 5) is 43.9. The molecule has 1 aromatic heterocycles. The maximum absolute atomic E-state index is 13.1. The Bertz CT molecular complexity index is 928. The van der Waals surface area contributed by atoms with Crippen molar-refractivity contribution in [2.24, 2.45) is 5.92 Å². The predicted molar refractivity (Wildman–Crippen MR) is 113 cm³/mol. The zero-order valence-corrected chi connectivity index (χ0v) is 18.2. The van der Waals surface area contributed by atoms with E-state index in [0.717, 1.165) is 12.8 Å². The third kappa shape index (κ3) is 4.75. The van der Waals surface area contributed by atoms with E-state index in [1.54, 1.807) is 17.2 Å². The zero-order chi connectivity index (χ0) is 21.8. The second-order valence-corrected chi connectivity index (χ2v) is 8.53. The average Bonchev–Trinajstić information content (AvgIpc) is 3.41. The van der Waals surface area contributed by atoms with E-state index in [9.17, 15) is 18.8 Å². The van der Waals surface area contributed by atoms with Crippen molar-refractivity contribution in [1.29, 1.82) is 0 Å². The van der Waals surface area contributed by atoms with Crippen LogP contribution in [-0.2, 0) is 9.59 Å². The number of carbonyl (C=O) groups is 3. The number of nitrogens with zero attached hydrogens (tertiary/aromatic N) is 2. The topological polar surface area (TPSA) is 79.4 Å². The summed E-state index contributed by atoms with van der Waals surface area (Å²) in [7, 11) is 0. The molecule has 1 N–H and O–H groups in total. The molecule has 0 bridgehead atoms. The molecule has 8 heteroatoms. The molecule has 0 unspecified atom stereocenters. The van der Waals surface area contributed by atoms with Gasteiger partial charge in [-0.1, -0.05) is 13.8 Å². The fourth-order valence-electron chi connectivity index (χ4n) is 3.43. The van der Waals surface area contributed by atoms with E-state index in [1.807, 2.05) is 13.8 Å². The molecule has 160 valence electrons. The van der Waals surface area contributed by atoms with E-state index >= 15 is 0 Å². The average molecular weight is 432 g/mol. The Morgan fingerprint density at radius 2 is 1.97 bits per heavy atom. The molecule has 0 aliphatic carbocycles. The van der Waals surface area contributed by atoms with Crippen molar-refractivity contribution in [1.82, 2.24) is 15.2 Å². The number of nitrogens with one attached hydrogen (secondary N) is 1. The fraction of sp³-hybridized carbons (Fsp3) is 0.455. The summed E-state index contributed by atoms with van der Waals surface area (Å²) < 4.78 is 13.1. The molecule has 1 saturated heterocycles. The van der Waals surface area contributed by atoms with Gasteiger partial charge in [0.05, 0.1) is 6.04 Å². The van der Waals surface area contributed by atoms with Crippen molar-refractivity contribution in [3.05, 3.63) is 51.7 Å². The molecule has 2 amide bonds. The number of rotatable bonds is 7. The largest absolute Gasteiger partial charge is 0.344 e. The minimum absolute atomic E-state index is 0.129. The molecule has 1 aromatic carbocycles. The van der Waals surface area contributed by atoms with E-state index in [2.05, 4.69) is 10.3 Å². The van der Waals surface area contributed by atoms with Crippen LogP contribution in [0.3, 0.4) is 0 Å². The van der Waals surface area contributed by atoms with Crippen LogP contribution in [0.1, 0.15) is 67.1 Å². The number of halogens is 1. The van der Waals surface area contributed by atoms with Crippen LogP contribution >= 0.6 is 11.3 Å². The molecule has 2 aromatic rings. The number of benzene rings is 1. The van der Waals surface area contributed by atoms with E-state index in [-0.39, 0.29) is 29.6 Å². The van der Waals surface area contributed by atoms with Crippen molar-refractivity contribution >= 4 is 28.9 Å². The van der Waals surface area contributed by atoms with E-state index in [0.29, 0.717) is 29.2 Å². The van der Waals surface area contributed by atoms with Crippen LogP contribution in [0.15, 0.2) is 29.6 Å². The molecule has 0 spiro atoms. The van der Waals surface area contributed by atoms with Gasteiger partial charge in [0.25, 0.3) is 0 Å². The van der Waals surface area contributed by atoms with Gasteiger partial charge in [-0.05, 0) is 50.5 Å². The second kappa shape index (κ2) is 9.47. The van der Waals surface area contributed by atoms with Gasteiger partial charge in [0.15, 0.2) is 0 Å². The Hall–Kier alpha value is -2.61. The summed E-state index contributed by atoms with van der Waals surface area (Å²) in [6.45, 7) is 6.05. The van der Waals surface area contributed by atoms with Crippen molar-refractivity contribution < 1.29 is 18.8 Å². The van der Waals surface area contributed by atoms with Gasteiger partial charge in [-0.25, -0.2) is 9.37 Å². The molecule has 1 aliphatic rings. The molecular weight excluding hydrogens is 405 g/mol. The molecule has 30 heavy (non-hydrogen) atoms. The predicted octanol–water partition coefficient (Wildman–Crippen LogP) is 3.73. The Morgan fingerprint density at radius 3 is 2.63 bits per heavy atom. The van der Waals surface area contributed by atoms with Crippen LogP contribution in [0.4, 0.5) is 4.39 Å². The lowest BCUT2D eigenvalue weighted by molar-refractivity contribution is -0.137. The molecule has 3 atom stereocenters. The summed E-state index contributed by atoms with van der Waals surface area (Å²) in [6.07, 6.45) is 2.31. The maximum Gasteiger partial charge on any atom is 0.245 e. The second-order valence-electron chi connectivity index (χ2n) is 7.64. The number of hydrogen-bond acceptors (Lipinski definition) is 5. The standard InChI is InChI=1S/C22H26FN3O3S/c1-4-13(2)20(28)24-14(3)22(29)26-11-5-6-18(26)21-25-17(12-30-21)19(27)15-7-9-16(23)10-8-15/h7-10,12-14,18H,4-6,11H2,1-3H3,(H,24,28)/t13-,14+,18+/m1/s1. The first-order valence-corrected chi connectivity index (χ1v) is 11.1. The first-order chi connectivity index (χ1) is 14.3. The Balaban J connectivity index is 1.71. The molecule has 1 fully saturated rings. The fourth-order valence-corrected chi connectivity index (χ4v) is 4.38. The summed E-state index contributed by atoms with van der Waals surface area (Å²) >= 11 is 1.34. The third-order valence-corrected chi connectivity index (χ3v) is 6.42. The van der Waals surface area contributed by atoms with Crippen molar-refractivity contribution in [3.8, 4) is 0 Å². The smallest absolute Gasteiger partial charge is 0.245 e. The lowest BCUT2D eigenvalue weighted by Gasteiger charge is -2.27.